The minimum atomic E-state index is -0.980. The average molecular weight is 203 g/mol. The minimum absolute atomic E-state index is 0.405. The van der Waals surface area contributed by atoms with Gasteiger partial charge in [0.25, 0.3) is 0 Å². The molecule has 72 valence electrons. The molecule has 0 radical (unpaired) electrons. The van der Waals surface area contributed by atoms with E-state index in [-0.39, 0.29) is 0 Å². The molecule has 0 aliphatic carbocycles. The van der Waals surface area contributed by atoms with Crippen molar-refractivity contribution in [3.63, 3.8) is 0 Å². The van der Waals surface area contributed by atoms with Crippen LogP contribution in [0.4, 0.5) is 4.39 Å². The summed E-state index contributed by atoms with van der Waals surface area (Å²) >= 11 is 5.87. The van der Waals surface area contributed by atoms with Crippen LogP contribution in [0.2, 0.25) is 5.02 Å². The van der Waals surface area contributed by atoms with Crippen molar-refractivity contribution >= 4 is 11.6 Å². The van der Waals surface area contributed by atoms with E-state index < -0.39 is 12.3 Å². The fraction of sp³-hybridized carbons (Fsp3) is 0.400. The molecule has 1 aromatic rings. The molecule has 0 aliphatic heterocycles. The first-order chi connectivity index (χ1) is 5.95. The van der Waals surface area contributed by atoms with E-state index in [9.17, 15) is 9.50 Å². The van der Waals surface area contributed by atoms with Gasteiger partial charge < -0.3 is 5.11 Å². The molecule has 0 aromatic heterocycles. The van der Waals surface area contributed by atoms with Gasteiger partial charge in [-0.2, -0.15) is 0 Å². The fourth-order valence-electron chi connectivity index (χ4n) is 1.14. The van der Waals surface area contributed by atoms with Gasteiger partial charge in [-0.05, 0) is 25.5 Å². The van der Waals surface area contributed by atoms with Crippen molar-refractivity contribution in [1.82, 2.24) is 0 Å². The monoisotopic (exact) mass is 202 g/mol. The van der Waals surface area contributed by atoms with Crippen molar-refractivity contribution in [2.75, 3.05) is 0 Å². The molecular weight excluding hydrogens is 191 g/mol. The quantitative estimate of drug-likeness (QED) is 0.782. The lowest BCUT2D eigenvalue weighted by Gasteiger charge is -2.19. The molecule has 3 heteroatoms. The maximum absolute atomic E-state index is 12.2. The van der Waals surface area contributed by atoms with Gasteiger partial charge >= 0.3 is 0 Å². The molecule has 0 saturated heterocycles. The number of aliphatic hydroxyl groups is 1. The molecular formula is C10H12ClFO. The Hall–Kier alpha value is -0.600. The zero-order valence-corrected chi connectivity index (χ0v) is 8.40. The second-order valence-electron chi connectivity index (χ2n) is 3.51. The van der Waals surface area contributed by atoms with E-state index in [2.05, 4.69) is 0 Å². The second kappa shape index (κ2) is 3.64. The molecule has 1 rings (SSSR count). The zero-order valence-electron chi connectivity index (χ0n) is 7.64. The summed E-state index contributed by atoms with van der Waals surface area (Å²) in [4.78, 5) is 0. The van der Waals surface area contributed by atoms with Gasteiger partial charge in [-0.25, -0.2) is 4.39 Å². The Bertz CT molecular complexity index is 304. The van der Waals surface area contributed by atoms with Crippen LogP contribution in [-0.2, 0) is 12.3 Å². The summed E-state index contributed by atoms with van der Waals surface area (Å²) in [6, 6.07) is 4.81. The molecule has 0 fully saturated rings. The number of hydrogen-bond acceptors (Lipinski definition) is 1. The van der Waals surface area contributed by atoms with Crippen molar-refractivity contribution in [2.45, 2.75) is 26.1 Å². The minimum Gasteiger partial charge on any atom is -0.386 e. The van der Waals surface area contributed by atoms with Crippen LogP contribution in [-0.4, -0.2) is 5.11 Å². The smallest absolute Gasteiger partial charge is 0.115 e. The summed E-state index contributed by atoms with van der Waals surface area (Å²) in [6.07, 6.45) is 0. The molecule has 1 aromatic carbocycles. The van der Waals surface area contributed by atoms with Gasteiger partial charge in [0, 0.05) is 10.6 Å². The highest BCUT2D eigenvalue weighted by Gasteiger charge is 2.19. The van der Waals surface area contributed by atoms with E-state index in [0.29, 0.717) is 16.1 Å². The summed E-state index contributed by atoms with van der Waals surface area (Å²) in [5, 5.41) is 10.1. The molecule has 0 amide bonds. The van der Waals surface area contributed by atoms with Gasteiger partial charge in [-0.1, -0.05) is 23.7 Å². The lowest BCUT2D eigenvalue weighted by Crippen LogP contribution is -2.16. The largest absolute Gasteiger partial charge is 0.386 e. The zero-order chi connectivity index (χ0) is 10.1. The van der Waals surface area contributed by atoms with E-state index in [0.717, 1.165) is 0 Å². The van der Waals surface area contributed by atoms with E-state index in [4.69, 9.17) is 11.6 Å². The standard InChI is InChI=1S/C10H12ClFO/c1-10(2,13)8-4-3-7(6-12)5-9(8)11/h3-5,13H,6H2,1-2H3. The number of benzene rings is 1. The molecule has 0 aliphatic rings. The lowest BCUT2D eigenvalue weighted by atomic mass is 9.97. The Balaban J connectivity index is 3.13. The van der Waals surface area contributed by atoms with Crippen LogP contribution in [0.3, 0.4) is 0 Å². The third-order valence-corrected chi connectivity index (χ3v) is 2.16. The van der Waals surface area contributed by atoms with Crippen molar-refractivity contribution in [3.05, 3.63) is 34.3 Å². The topological polar surface area (TPSA) is 20.2 Å². The first-order valence-corrected chi connectivity index (χ1v) is 4.40. The normalized spacial score (nSPS) is 11.8. The number of halogens is 2. The first kappa shape index (κ1) is 10.5. The highest BCUT2D eigenvalue weighted by molar-refractivity contribution is 6.31. The van der Waals surface area contributed by atoms with Crippen molar-refractivity contribution < 1.29 is 9.50 Å². The van der Waals surface area contributed by atoms with Gasteiger partial charge in [0.2, 0.25) is 0 Å². The Labute approximate surface area is 82.2 Å². The molecule has 0 bridgehead atoms. The van der Waals surface area contributed by atoms with Gasteiger partial charge in [-0.3, -0.25) is 0 Å². The number of alkyl halides is 1. The third kappa shape index (κ3) is 2.42. The van der Waals surface area contributed by atoms with Gasteiger partial charge in [0.15, 0.2) is 0 Å². The van der Waals surface area contributed by atoms with Crippen LogP contribution < -0.4 is 0 Å². The molecule has 13 heavy (non-hydrogen) atoms. The molecule has 0 saturated carbocycles. The van der Waals surface area contributed by atoms with Gasteiger partial charge in [-0.15, -0.1) is 0 Å². The van der Waals surface area contributed by atoms with Crippen LogP contribution >= 0.6 is 11.6 Å². The highest BCUT2D eigenvalue weighted by atomic mass is 35.5. The van der Waals surface area contributed by atoms with Crippen molar-refractivity contribution in [3.8, 4) is 0 Å². The number of rotatable bonds is 2. The SMILES string of the molecule is CC(C)(O)c1ccc(CF)cc1Cl. The predicted octanol–water partition coefficient (Wildman–Crippen LogP) is 3.04. The Morgan fingerprint density at radius 2 is 2.08 bits per heavy atom. The van der Waals surface area contributed by atoms with Crippen LogP contribution in [0, 0.1) is 0 Å². The second-order valence-corrected chi connectivity index (χ2v) is 3.91. The van der Waals surface area contributed by atoms with Crippen LogP contribution in [0.25, 0.3) is 0 Å². The summed E-state index contributed by atoms with van der Waals surface area (Å²) in [6.45, 7) is 2.75. The maximum atomic E-state index is 12.2. The first-order valence-electron chi connectivity index (χ1n) is 4.02. The summed E-state index contributed by atoms with van der Waals surface area (Å²) in [7, 11) is 0. The molecule has 0 spiro atoms. The van der Waals surface area contributed by atoms with Crippen molar-refractivity contribution in [2.24, 2.45) is 0 Å². The summed E-state index contributed by atoms with van der Waals surface area (Å²) in [5.74, 6) is 0. The van der Waals surface area contributed by atoms with Crippen molar-refractivity contribution in [1.29, 1.82) is 0 Å². The van der Waals surface area contributed by atoms with E-state index in [1.165, 1.54) is 6.07 Å². The van der Waals surface area contributed by atoms with Crippen LogP contribution in [0.1, 0.15) is 25.0 Å². The molecule has 0 atom stereocenters. The van der Waals surface area contributed by atoms with Gasteiger partial charge in [0.05, 0.1) is 5.60 Å². The Morgan fingerprint density at radius 3 is 2.46 bits per heavy atom. The molecule has 1 nitrogen and oxygen atoms in total. The number of hydrogen-bond donors (Lipinski definition) is 1. The Morgan fingerprint density at radius 1 is 1.46 bits per heavy atom. The third-order valence-electron chi connectivity index (χ3n) is 1.85. The van der Waals surface area contributed by atoms with E-state index in [1.807, 2.05) is 0 Å². The highest BCUT2D eigenvalue weighted by Crippen LogP contribution is 2.28. The Kier molecular flexibility index (Phi) is 2.94. The lowest BCUT2D eigenvalue weighted by molar-refractivity contribution is 0.0787. The maximum Gasteiger partial charge on any atom is 0.115 e. The average Bonchev–Trinajstić information content (AvgIpc) is 2.01. The van der Waals surface area contributed by atoms with E-state index in [1.54, 1.807) is 26.0 Å². The fourth-order valence-corrected chi connectivity index (χ4v) is 1.57. The predicted molar refractivity (Wildman–Crippen MR) is 51.5 cm³/mol. The van der Waals surface area contributed by atoms with Crippen LogP contribution in [0.5, 0.6) is 0 Å². The molecule has 0 heterocycles. The molecule has 1 N–H and O–H groups in total. The molecule has 0 unspecified atom stereocenters. The van der Waals surface area contributed by atoms with Crippen LogP contribution in [0.15, 0.2) is 18.2 Å². The van der Waals surface area contributed by atoms with E-state index >= 15 is 0 Å². The summed E-state index contributed by atoms with van der Waals surface area (Å²) < 4.78 is 12.2. The van der Waals surface area contributed by atoms with Gasteiger partial charge in [0.1, 0.15) is 6.67 Å². The summed E-state index contributed by atoms with van der Waals surface area (Å²) in [5.41, 5.74) is 0.163.